The van der Waals surface area contributed by atoms with E-state index < -0.39 is 5.92 Å². The average Bonchev–Trinajstić information content (AvgIpc) is 3.09. The summed E-state index contributed by atoms with van der Waals surface area (Å²) in [4.78, 5) is 26.7. The molecule has 0 saturated carbocycles. The molecule has 29 heavy (non-hydrogen) atoms. The highest BCUT2D eigenvalue weighted by molar-refractivity contribution is 6.32. The van der Waals surface area contributed by atoms with E-state index in [0.29, 0.717) is 41.7 Å². The van der Waals surface area contributed by atoms with Gasteiger partial charge in [-0.3, -0.25) is 9.59 Å². The predicted molar refractivity (Wildman–Crippen MR) is 108 cm³/mol. The van der Waals surface area contributed by atoms with Crippen molar-refractivity contribution >= 4 is 29.1 Å². The van der Waals surface area contributed by atoms with Gasteiger partial charge in [0.25, 0.3) is 0 Å². The number of methoxy groups -OCH3 is 2. The highest BCUT2D eigenvalue weighted by Gasteiger charge is 2.34. The summed E-state index contributed by atoms with van der Waals surface area (Å²) in [5.74, 6) is -0.301. The van der Waals surface area contributed by atoms with Gasteiger partial charge in [0.2, 0.25) is 11.8 Å². The summed E-state index contributed by atoms with van der Waals surface area (Å²) in [6.07, 6.45) is 0.741. The standard InChI is InChI=1S/C21H22ClFN2O4/c1-28-18-11-17(19(29-2)10-16(18)22)24-21(27)14-9-20(26)25(12-14)8-7-13-3-5-15(23)6-4-13/h3-6,10-11,14H,7-9,12H2,1-2H3,(H,24,27)/t14-/m0/s1. The van der Waals surface area contributed by atoms with Crippen LogP contribution in [0.5, 0.6) is 11.5 Å². The molecule has 3 rings (SSSR count). The van der Waals surface area contributed by atoms with Gasteiger partial charge in [-0.05, 0) is 24.1 Å². The molecule has 0 aromatic heterocycles. The molecule has 8 heteroatoms. The Morgan fingerprint density at radius 2 is 1.90 bits per heavy atom. The van der Waals surface area contributed by atoms with Crippen LogP contribution in [0.4, 0.5) is 10.1 Å². The Morgan fingerprint density at radius 3 is 2.55 bits per heavy atom. The maximum Gasteiger partial charge on any atom is 0.229 e. The first kappa shape index (κ1) is 20.9. The fourth-order valence-corrected chi connectivity index (χ4v) is 3.50. The van der Waals surface area contributed by atoms with E-state index in [0.717, 1.165) is 5.56 Å². The number of nitrogens with one attached hydrogen (secondary N) is 1. The predicted octanol–water partition coefficient (Wildman–Crippen LogP) is 3.53. The smallest absolute Gasteiger partial charge is 0.229 e. The van der Waals surface area contributed by atoms with Gasteiger partial charge in [0.15, 0.2) is 0 Å². The van der Waals surface area contributed by atoms with Gasteiger partial charge >= 0.3 is 0 Å². The number of rotatable bonds is 7. The van der Waals surface area contributed by atoms with Crippen molar-refractivity contribution in [1.29, 1.82) is 0 Å². The molecular formula is C21H22ClFN2O4. The Bertz CT molecular complexity index is 904. The Balaban J connectivity index is 1.62. The fourth-order valence-electron chi connectivity index (χ4n) is 3.27. The molecule has 1 fully saturated rings. The number of anilines is 1. The van der Waals surface area contributed by atoms with Crippen LogP contribution in [0.3, 0.4) is 0 Å². The number of nitrogens with zero attached hydrogens (tertiary/aromatic N) is 1. The summed E-state index contributed by atoms with van der Waals surface area (Å²) in [6.45, 7) is 0.811. The minimum Gasteiger partial charge on any atom is -0.495 e. The number of likely N-dealkylation sites (tertiary alicyclic amines) is 1. The van der Waals surface area contributed by atoms with Crippen molar-refractivity contribution in [3.63, 3.8) is 0 Å². The molecule has 1 heterocycles. The van der Waals surface area contributed by atoms with Crippen molar-refractivity contribution in [3.05, 3.63) is 52.8 Å². The number of hydrogen-bond donors (Lipinski definition) is 1. The zero-order valence-electron chi connectivity index (χ0n) is 16.2. The topological polar surface area (TPSA) is 67.9 Å². The van der Waals surface area contributed by atoms with Crippen LogP contribution in [0.15, 0.2) is 36.4 Å². The van der Waals surface area contributed by atoms with Crippen LogP contribution in [0.1, 0.15) is 12.0 Å². The van der Waals surface area contributed by atoms with Crippen LogP contribution in [0.2, 0.25) is 5.02 Å². The van der Waals surface area contributed by atoms with Gasteiger partial charge in [-0.2, -0.15) is 0 Å². The lowest BCUT2D eigenvalue weighted by atomic mass is 10.1. The molecule has 1 aliphatic heterocycles. The molecular weight excluding hydrogens is 399 g/mol. The van der Waals surface area contributed by atoms with Gasteiger partial charge in [0.05, 0.1) is 30.8 Å². The van der Waals surface area contributed by atoms with Crippen LogP contribution in [0.25, 0.3) is 0 Å². The Labute approximate surface area is 173 Å². The van der Waals surface area contributed by atoms with Gasteiger partial charge in [-0.25, -0.2) is 4.39 Å². The van der Waals surface area contributed by atoms with E-state index in [-0.39, 0.29) is 24.1 Å². The van der Waals surface area contributed by atoms with Crippen molar-refractivity contribution < 1.29 is 23.5 Å². The zero-order valence-corrected chi connectivity index (χ0v) is 17.0. The SMILES string of the molecule is COc1cc(NC(=O)[C@H]2CC(=O)N(CCc3ccc(F)cc3)C2)c(OC)cc1Cl. The minimum atomic E-state index is -0.470. The van der Waals surface area contributed by atoms with Crippen LogP contribution < -0.4 is 14.8 Å². The van der Waals surface area contributed by atoms with Gasteiger partial charge in [0, 0.05) is 31.6 Å². The second-order valence-electron chi connectivity index (χ2n) is 6.79. The van der Waals surface area contributed by atoms with Crippen molar-refractivity contribution in [2.45, 2.75) is 12.8 Å². The summed E-state index contributed by atoms with van der Waals surface area (Å²) < 4.78 is 23.5. The quantitative estimate of drug-likeness (QED) is 0.744. The highest BCUT2D eigenvalue weighted by atomic mass is 35.5. The molecule has 154 valence electrons. The van der Waals surface area contributed by atoms with Crippen LogP contribution in [0, 0.1) is 11.7 Å². The fraction of sp³-hybridized carbons (Fsp3) is 0.333. The third kappa shape index (κ3) is 4.98. The highest BCUT2D eigenvalue weighted by Crippen LogP contribution is 2.36. The Morgan fingerprint density at radius 1 is 1.21 bits per heavy atom. The lowest BCUT2D eigenvalue weighted by Crippen LogP contribution is -2.30. The number of hydrogen-bond acceptors (Lipinski definition) is 4. The van der Waals surface area contributed by atoms with Crippen LogP contribution in [-0.4, -0.2) is 44.0 Å². The molecule has 0 spiro atoms. The van der Waals surface area contributed by atoms with Crippen molar-refractivity contribution in [2.75, 3.05) is 32.6 Å². The summed E-state index contributed by atoms with van der Waals surface area (Å²) in [7, 11) is 2.96. The lowest BCUT2D eigenvalue weighted by Gasteiger charge is -2.17. The average molecular weight is 421 g/mol. The summed E-state index contributed by atoms with van der Waals surface area (Å²) in [6, 6.07) is 9.32. The summed E-state index contributed by atoms with van der Waals surface area (Å²) in [5, 5.41) is 3.17. The lowest BCUT2D eigenvalue weighted by molar-refractivity contribution is -0.128. The molecule has 1 saturated heterocycles. The molecule has 2 amide bonds. The van der Waals surface area contributed by atoms with E-state index in [9.17, 15) is 14.0 Å². The summed E-state index contributed by atoms with van der Waals surface area (Å²) in [5.41, 5.74) is 1.36. The maximum atomic E-state index is 13.0. The van der Waals surface area contributed by atoms with Gasteiger partial charge in [-0.15, -0.1) is 0 Å². The first-order valence-electron chi connectivity index (χ1n) is 9.16. The second kappa shape index (κ2) is 9.13. The van der Waals surface area contributed by atoms with Crippen molar-refractivity contribution in [3.8, 4) is 11.5 Å². The number of carbonyl (C=O) groups excluding carboxylic acids is 2. The molecule has 2 aromatic carbocycles. The van der Waals surface area contributed by atoms with Crippen LogP contribution in [-0.2, 0) is 16.0 Å². The second-order valence-corrected chi connectivity index (χ2v) is 7.20. The van der Waals surface area contributed by atoms with E-state index in [1.165, 1.54) is 26.4 Å². The molecule has 2 aromatic rings. The number of ether oxygens (including phenoxy) is 2. The summed E-state index contributed by atoms with van der Waals surface area (Å²) >= 11 is 6.09. The molecule has 1 atom stereocenters. The first-order valence-corrected chi connectivity index (χ1v) is 9.53. The first-order chi connectivity index (χ1) is 13.9. The third-order valence-electron chi connectivity index (χ3n) is 4.90. The van der Waals surface area contributed by atoms with Crippen LogP contribution >= 0.6 is 11.6 Å². The van der Waals surface area contributed by atoms with Crippen molar-refractivity contribution in [2.24, 2.45) is 5.92 Å². The molecule has 1 aliphatic rings. The van der Waals surface area contributed by atoms with E-state index in [2.05, 4.69) is 5.32 Å². The monoisotopic (exact) mass is 420 g/mol. The largest absolute Gasteiger partial charge is 0.495 e. The van der Waals surface area contributed by atoms with Gasteiger partial charge < -0.3 is 19.7 Å². The van der Waals surface area contributed by atoms with Gasteiger partial charge in [0.1, 0.15) is 17.3 Å². The molecule has 1 N–H and O–H groups in total. The van der Waals surface area contributed by atoms with E-state index in [1.54, 1.807) is 29.2 Å². The zero-order chi connectivity index (χ0) is 21.0. The Kier molecular flexibility index (Phi) is 6.59. The van der Waals surface area contributed by atoms with E-state index >= 15 is 0 Å². The number of halogens is 2. The molecule has 0 bridgehead atoms. The molecule has 0 radical (unpaired) electrons. The third-order valence-corrected chi connectivity index (χ3v) is 5.20. The number of benzene rings is 2. The maximum absolute atomic E-state index is 13.0. The van der Waals surface area contributed by atoms with Crippen molar-refractivity contribution in [1.82, 2.24) is 4.90 Å². The number of amides is 2. The molecule has 0 unspecified atom stereocenters. The van der Waals surface area contributed by atoms with Gasteiger partial charge in [-0.1, -0.05) is 23.7 Å². The van der Waals surface area contributed by atoms with E-state index in [4.69, 9.17) is 21.1 Å². The molecule has 0 aliphatic carbocycles. The normalized spacial score (nSPS) is 16.1. The minimum absolute atomic E-state index is 0.0760. The number of carbonyl (C=O) groups is 2. The molecule has 6 nitrogen and oxygen atoms in total. The Hall–Kier alpha value is -2.80. The van der Waals surface area contributed by atoms with E-state index in [1.807, 2.05) is 0 Å².